The maximum atomic E-state index is 12.5. The second-order valence-electron chi connectivity index (χ2n) is 6.79. The van der Waals surface area contributed by atoms with Crippen LogP contribution in [0.5, 0.6) is 0 Å². The minimum Gasteiger partial charge on any atom is -0.372 e. The van der Waals surface area contributed by atoms with Gasteiger partial charge in [-0.2, -0.15) is 0 Å². The van der Waals surface area contributed by atoms with Crippen molar-refractivity contribution in [3.05, 3.63) is 54.6 Å². The molecule has 0 aromatic heterocycles. The smallest absolute Gasteiger partial charge is 0.313 e. The molecule has 1 fully saturated rings. The minimum absolute atomic E-state index is 0.472. The van der Waals surface area contributed by atoms with Gasteiger partial charge < -0.3 is 20.0 Å². The molecule has 3 rings (SSSR count). The normalized spacial score (nSPS) is 13.9. The van der Waals surface area contributed by atoms with Gasteiger partial charge in [0.2, 0.25) is 0 Å². The van der Waals surface area contributed by atoms with Crippen LogP contribution in [-0.2, 0) is 9.59 Å². The summed E-state index contributed by atoms with van der Waals surface area (Å²) in [6.45, 7) is 8.60. The highest BCUT2D eigenvalue weighted by Crippen LogP contribution is 2.18. The van der Waals surface area contributed by atoms with Crippen molar-refractivity contribution in [3.63, 3.8) is 0 Å². The summed E-state index contributed by atoms with van der Waals surface area (Å²) < 4.78 is 0. The number of amides is 2. The topological polar surface area (TPSA) is 55.9 Å². The highest BCUT2D eigenvalue weighted by molar-refractivity contribution is 6.39. The summed E-state index contributed by atoms with van der Waals surface area (Å²) in [5.74, 6) is -1.05. The van der Waals surface area contributed by atoms with Crippen molar-refractivity contribution < 1.29 is 9.59 Å². The molecule has 2 aromatic rings. The molecule has 6 heteroatoms. The van der Waals surface area contributed by atoms with Crippen molar-refractivity contribution >= 4 is 28.9 Å². The Morgan fingerprint density at radius 2 is 1.50 bits per heavy atom. The van der Waals surface area contributed by atoms with Crippen LogP contribution in [0.4, 0.5) is 17.1 Å². The van der Waals surface area contributed by atoms with E-state index in [4.69, 9.17) is 0 Å². The highest BCUT2D eigenvalue weighted by atomic mass is 16.2. The molecule has 0 unspecified atom stereocenters. The number of carbonyl (C=O) groups is 2. The molecule has 1 aliphatic heterocycles. The monoisotopic (exact) mass is 380 g/mol. The molecule has 0 saturated carbocycles. The molecular weight excluding hydrogens is 352 g/mol. The second kappa shape index (κ2) is 9.26. The van der Waals surface area contributed by atoms with Gasteiger partial charge in [0.15, 0.2) is 0 Å². The summed E-state index contributed by atoms with van der Waals surface area (Å²) in [5.41, 5.74) is 2.89. The third-order valence-electron chi connectivity index (χ3n) is 5.14. The SMILES string of the molecule is CCN(CC)c1ccc(NC(=O)C(=O)N2CCN(c3ccccc3)CC2)cc1. The first-order valence-electron chi connectivity index (χ1n) is 9.87. The number of nitrogens with zero attached hydrogens (tertiary/aromatic N) is 3. The summed E-state index contributed by atoms with van der Waals surface area (Å²) in [7, 11) is 0. The molecule has 1 saturated heterocycles. The van der Waals surface area contributed by atoms with E-state index in [-0.39, 0.29) is 0 Å². The first kappa shape index (κ1) is 19.7. The number of rotatable bonds is 5. The van der Waals surface area contributed by atoms with Gasteiger partial charge in [-0.25, -0.2) is 0 Å². The van der Waals surface area contributed by atoms with E-state index in [0.717, 1.165) is 37.6 Å². The zero-order valence-corrected chi connectivity index (χ0v) is 16.6. The van der Waals surface area contributed by atoms with E-state index in [2.05, 4.69) is 41.1 Å². The molecule has 148 valence electrons. The summed E-state index contributed by atoms with van der Waals surface area (Å²) in [4.78, 5) is 30.9. The molecule has 1 aliphatic rings. The third-order valence-corrected chi connectivity index (χ3v) is 5.14. The Bertz CT molecular complexity index is 780. The van der Waals surface area contributed by atoms with Crippen molar-refractivity contribution in [3.8, 4) is 0 Å². The maximum Gasteiger partial charge on any atom is 0.313 e. The molecule has 0 bridgehead atoms. The summed E-state index contributed by atoms with van der Waals surface area (Å²) in [6.07, 6.45) is 0. The number of piperazine rings is 1. The Labute approximate surface area is 166 Å². The lowest BCUT2D eigenvalue weighted by molar-refractivity contribution is -0.143. The van der Waals surface area contributed by atoms with Gasteiger partial charge in [-0.15, -0.1) is 0 Å². The zero-order chi connectivity index (χ0) is 19.9. The van der Waals surface area contributed by atoms with Crippen LogP contribution in [0.3, 0.4) is 0 Å². The van der Waals surface area contributed by atoms with Crippen molar-refractivity contribution in [1.82, 2.24) is 4.90 Å². The Kier molecular flexibility index (Phi) is 6.53. The van der Waals surface area contributed by atoms with Gasteiger partial charge in [-0.05, 0) is 50.2 Å². The van der Waals surface area contributed by atoms with Crippen molar-refractivity contribution in [2.24, 2.45) is 0 Å². The van der Waals surface area contributed by atoms with Gasteiger partial charge in [-0.3, -0.25) is 9.59 Å². The number of hydrogen-bond acceptors (Lipinski definition) is 4. The van der Waals surface area contributed by atoms with E-state index in [9.17, 15) is 9.59 Å². The van der Waals surface area contributed by atoms with E-state index in [1.165, 1.54) is 0 Å². The van der Waals surface area contributed by atoms with Crippen LogP contribution in [0.15, 0.2) is 54.6 Å². The fourth-order valence-corrected chi connectivity index (χ4v) is 3.48. The van der Waals surface area contributed by atoms with E-state index < -0.39 is 11.8 Å². The molecule has 1 heterocycles. The van der Waals surface area contributed by atoms with Crippen LogP contribution < -0.4 is 15.1 Å². The Morgan fingerprint density at radius 3 is 2.07 bits per heavy atom. The van der Waals surface area contributed by atoms with Crippen LogP contribution in [0.1, 0.15) is 13.8 Å². The maximum absolute atomic E-state index is 12.5. The van der Waals surface area contributed by atoms with E-state index in [1.54, 1.807) is 4.90 Å². The number of nitrogens with one attached hydrogen (secondary N) is 1. The van der Waals surface area contributed by atoms with Crippen molar-refractivity contribution in [1.29, 1.82) is 0 Å². The van der Waals surface area contributed by atoms with Gasteiger partial charge in [0.1, 0.15) is 0 Å². The van der Waals surface area contributed by atoms with Gasteiger partial charge in [0, 0.05) is 56.3 Å². The molecule has 6 nitrogen and oxygen atoms in total. The molecule has 28 heavy (non-hydrogen) atoms. The average molecular weight is 380 g/mol. The summed E-state index contributed by atoms with van der Waals surface area (Å²) in [5, 5.41) is 2.72. The Balaban J connectivity index is 1.53. The highest BCUT2D eigenvalue weighted by Gasteiger charge is 2.26. The molecule has 2 amide bonds. The lowest BCUT2D eigenvalue weighted by Crippen LogP contribution is -2.51. The molecule has 0 aliphatic carbocycles. The molecule has 0 atom stereocenters. The molecule has 2 aromatic carbocycles. The van der Waals surface area contributed by atoms with Crippen molar-refractivity contribution in [2.75, 3.05) is 54.4 Å². The lowest BCUT2D eigenvalue weighted by Gasteiger charge is -2.35. The predicted molar refractivity (Wildman–Crippen MR) is 114 cm³/mol. The van der Waals surface area contributed by atoms with Gasteiger partial charge >= 0.3 is 11.8 Å². The predicted octanol–water partition coefficient (Wildman–Crippen LogP) is 2.82. The van der Waals surface area contributed by atoms with Crippen LogP contribution in [0.2, 0.25) is 0 Å². The van der Waals surface area contributed by atoms with E-state index in [1.807, 2.05) is 42.5 Å². The Morgan fingerprint density at radius 1 is 0.893 bits per heavy atom. The quantitative estimate of drug-likeness (QED) is 0.811. The second-order valence-corrected chi connectivity index (χ2v) is 6.79. The fraction of sp³-hybridized carbons (Fsp3) is 0.364. The van der Waals surface area contributed by atoms with Crippen molar-refractivity contribution in [2.45, 2.75) is 13.8 Å². The van der Waals surface area contributed by atoms with Crippen LogP contribution in [0.25, 0.3) is 0 Å². The average Bonchev–Trinajstić information content (AvgIpc) is 2.76. The van der Waals surface area contributed by atoms with Gasteiger partial charge in [0.25, 0.3) is 0 Å². The Hall–Kier alpha value is -3.02. The number of benzene rings is 2. The first-order valence-corrected chi connectivity index (χ1v) is 9.87. The first-order chi connectivity index (χ1) is 13.6. The number of hydrogen-bond donors (Lipinski definition) is 1. The van der Waals surface area contributed by atoms with E-state index >= 15 is 0 Å². The molecule has 0 spiro atoms. The van der Waals surface area contributed by atoms with Gasteiger partial charge in [0.05, 0.1) is 0 Å². The van der Waals surface area contributed by atoms with Crippen LogP contribution in [-0.4, -0.2) is 56.0 Å². The molecule has 1 N–H and O–H groups in total. The zero-order valence-electron chi connectivity index (χ0n) is 16.6. The van der Waals surface area contributed by atoms with Crippen LogP contribution in [0, 0.1) is 0 Å². The fourth-order valence-electron chi connectivity index (χ4n) is 3.48. The number of anilines is 3. The summed E-state index contributed by atoms with van der Waals surface area (Å²) >= 11 is 0. The molecular formula is C22H28N4O2. The van der Waals surface area contributed by atoms with E-state index in [0.29, 0.717) is 18.8 Å². The standard InChI is InChI=1S/C22H28N4O2/c1-3-24(4-2)20-12-10-18(11-13-20)23-21(27)22(28)26-16-14-25(15-17-26)19-8-6-5-7-9-19/h5-13H,3-4,14-17H2,1-2H3,(H,23,27). The third kappa shape index (κ3) is 4.63. The van der Waals surface area contributed by atoms with Gasteiger partial charge in [-0.1, -0.05) is 18.2 Å². The molecule has 0 radical (unpaired) electrons. The lowest BCUT2D eigenvalue weighted by atomic mass is 10.2. The number of para-hydroxylation sites is 1. The van der Waals surface area contributed by atoms with Crippen LogP contribution >= 0.6 is 0 Å². The number of carbonyl (C=O) groups excluding carboxylic acids is 2. The summed E-state index contributed by atoms with van der Waals surface area (Å²) in [6, 6.07) is 17.7. The largest absolute Gasteiger partial charge is 0.372 e. The minimum atomic E-state index is -0.580.